The van der Waals surface area contributed by atoms with Crippen LogP contribution in [0.3, 0.4) is 0 Å². The molecule has 31 heavy (non-hydrogen) atoms. The van der Waals surface area contributed by atoms with Crippen molar-refractivity contribution >= 4 is 27.3 Å². The van der Waals surface area contributed by atoms with E-state index >= 15 is 0 Å². The summed E-state index contributed by atoms with van der Waals surface area (Å²) >= 11 is 0. The Balaban J connectivity index is 1.64. The molecule has 1 saturated heterocycles. The Bertz CT molecular complexity index is 940. The maximum absolute atomic E-state index is 12.9. The van der Waals surface area contributed by atoms with Gasteiger partial charge in [0.2, 0.25) is 15.9 Å². The number of hydrogen-bond donors (Lipinski definition) is 1. The number of hydrogen-bond acceptors (Lipinski definition) is 4. The van der Waals surface area contributed by atoms with Gasteiger partial charge in [-0.3, -0.25) is 9.52 Å². The molecule has 1 fully saturated rings. The summed E-state index contributed by atoms with van der Waals surface area (Å²) in [7, 11) is -3.81. The van der Waals surface area contributed by atoms with Crippen molar-refractivity contribution in [3.63, 3.8) is 0 Å². The van der Waals surface area contributed by atoms with Crippen LogP contribution in [0.2, 0.25) is 0 Å². The second kappa shape index (κ2) is 10.7. The lowest BCUT2D eigenvalue weighted by Crippen LogP contribution is -2.42. The predicted octanol–water partition coefficient (Wildman–Crippen LogP) is 4.25. The highest BCUT2D eigenvalue weighted by atomic mass is 32.2. The third-order valence-corrected chi connectivity index (χ3v) is 6.99. The van der Waals surface area contributed by atoms with Gasteiger partial charge in [-0.25, -0.2) is 8.42 Å². The molecular formula is C24H33N3O3S. The van der Waals surface area contributed by atoms with Crippen molar-refractivity contribution < 1.29 is 13.2 Å². The average Bonchev–Trinajstić information content (AvgIpc) is 2.78. The van der Waals surface area contributed by atoms with Crippen molar-refractivity contribution in [1.29, 1.82) is 0 Å². The number of rotatable bonds is 9. The monoisotopic (exact) mass is 443 g/mol. The van der Waals surface area contributed by atoms with Gasteiger partial charge in [0.1, 0.15) is 5.75 Å². The molecule has 0 bridgehead atoms. The van der Waals surface area contributed by atoms with Crippen molar-refractivity contribution in [2.24, 2.45) is 0 Å². The molecule has 0 aliphatic carbocycles. The fraction of sp³-hybridized carbons (Fsp3) is 0.458. The molecule has 1 amide bonds. The van der Waals surface area contributed by atoms with E-state index in [1.807, 2.05) is 56.3 Å². The van der Waals surface area contributed by atoms with Crippen molar-refractivity contribution in [3.8, 4) is 0 Å². The minimum atomic E-state index is -3.81. The zero-order chi connectivity index (χ0) is 22.3. The maximum atomic E-state index is 12.9. The Morgan fingerprint density at radius 1 is 1.03 bits per heavy atom. The topological polar surface area (TPSA) is 69.7 Å². The lowest BCUT2D eigenvalue weighted by Gasteiger charge is -2.29. The van der Waals surface area contributed by atoms with E-state index in [9.17, 15) is 13.2 Å². The van der Waals surface area contributed by atoms with Gasteiger partial charge in [0.25, 0.3) is 0 Å². The average molecular weight is 444 g/mol. The van der Waals surface area contributed by atoms with E-state index in [1.54, 1.807) is 17.0 Å². The number of anilines is 2. The smallest absolute Gasteiger partial charge is 0.241 e. The van der Waals surface area contributed by atoms with Crippen LogP contribution in [-0.2, 0) is 21.4 Å². The summed E-state index contributed by atoms with van der Waals surface area (Å²) in [6.45, 7) is 6.40. The van der Waals surface area contributed by atoms with Gasteiger partial charge in [0.15, 0.2) is 0 Å². The van der Waals surface area contributed by atoms with Gasteiger partial charge in [0.05, 0.1) is 0 Å². The second-order valence-electron chi connectivity index (χ2n) is 8.22. The van der Waals surface area contributed by atoms with Crippen molar-refractivity contribution in [1.82, 2.24) is 4.90 Å². The van der Waals surface area contributed by atoms with Crippen LogP contribution in [0.25, 0.3) is 0 Å². The zero-order valence-corrected chi connectivity index (χ0v) is 19.3. The summed E-state index contributed by atoms with van der Waals surface area (Å²) in [4.78, 5) is 16.9. The normalized spacial score (nSPS) is 15.4. The van der Waals surface area contributed by atoms with E-state index < -0.39 is 21.7 Å². The molecule has 168 valence electrons. The number of carbonyl (C=O) groups excluding carboxylic acids is 1. The molecule has 0 spiro atoms. The second-order valence-corrected chi connectivity index (χ2v) is 9.94. The highest BCUT2D eigenvalue weighted by Gasteiger charge is 2.25. The minimum absolute atomic E-state index is 0.0493. The molecular weight excluding hydrogens is 410 g/mol. The standard InChI is InChI=1S/C24H33N3O3S/c1-3-20(2)27(18-21-10-6-4-7-11-21)24(28)19-31(29,30)25-22-12-14-23(15-13-22)26-16-8-5-9-17-26/h4,6-7,10-15,20,25H,3,5,8-9,16-19H2,1-2H3. The Hall–Kier alpha value is -2.54. The fourth-order valence-corrected chi connectivity index (χ4v) is 4.90. The first-order chi connectivity index (χ1) is 14.9. The predicted molar refractivity (Wildman–Crippen MR) is 127 cm³/mol. The lowest BCUT2D eigenvalue weighted by molar-refractivity contribution is -0.131. The van der Waals surface area contributed by atoms with Crippen LogP contribution in [0.5, 0.6) is 0 Å². The van der Waals surface area contributed by atoms with Crippen LogP contribution in [0.4, 0.5) is 11.4 Å². The fourth-order valence-electron chi connectivity index (χ4n) is 3.84. The van der Waals surface area contributed by atoms with Crippen LogP contribution in [-0.4, -0.2) is 44.1 Å². The Morgan fingerprint density at radius 3 is 2.29 bits per heavy atom. The third-order valence-electron chi connectivity index (χ3n) is 5.81. The van der Waals surface area contributed by atoms with E-state index in [2.05, 4.69) is 9.62 Å². The largest absolute Gasteiger partial charge is 0.372 e. The summed E-state index contributed by atoms with van der Waals surface area (Å²) in [5.41, 5.74) is 2.56. The molecule has 1 aliphatic heterocycles. The SMILES string of the molecule is CCC(C)N(Cc1ccccc1)C(=O)CS(=O)(=O)Nc1ccc(N2CCCCC2)cc1. The van der Waals surface area contributed by atoms with Crippen LogP contribution in [0, 0.1) is 0 Å². The summed E-state index contributed by atoms with van der Waals surface area (Å²) in [5.74, 6) is -0.964. The molecule has 6 nitrogen and oxygen atoms in total. The van der Waals surface area contributed by atoms with Gasteiger partial charge in [0, 0.05) is 37.1 Å². The molecule has 2 aromatic rings. The van der Waals surface area contributed by atoms with Crippen molar-refractivity contribution in [2.45, 2.75) is 52.1 Å². The Morgan fingerprint density at radius 2 is 1.68 bits per heavy atom. The molecule has 0 aromatic heterocycles. The van der Waals surface area contributed by atoms with Crippen LogP contribution in [0.15, 0.2) is 54.6 Å². The molecule has 3 rings (SSSR count). The first kappa shape index (κ1) is 23.1. The third kappa shape index (κ3) is 6.72. The summed E-state index contributed by atoms with van der Waals surface area (Å²) < 4.78 is 28.0. The van der Waals surface area contributed by atoms with Crippen molar-refractivity contribution in [2.75, 3.05) is 28.5 Å². The first-order valence-electron chi connectivity index (χ1n) is 11.1. The lowest BCUT2D eigenvalue weighted by atomic mass is 10.1. The Kier molecular flexibility index (Phi) is 7.96. The summed E-state index contributed by atoms with van der Waals surface area (Å²) in [6, 6.07) is 17.0. The highest BCUT2D eigenvalue weighted by Crippen LogP contribution is 2.22. The van der Waals surface area contributed by atoms with Crippen LogP contribution in [0.1, 0.15) is 45.1 Å². The quantitative estimate of drug-likeness (QED) is 0.629. The summed E-state index contributed by atoms with van der Waals surface area (Å²) in [5, 5.41) is 0. The van der Waals surface area contributed by atoms with E-state index in [1.165, 1.54) is 19.3 Å². The molecule has 1 N–H and O–H groups in total. The number of carbonyl (C=O) groups is 1. The first-order valence-corrected chi connectivity index (χ1v) is 12.7. The number of benzene rings is 2. The minimum Gasteiger partial charge on any atom is -0.372 e. The molecule has 0 radical (unpaired) electrons. The van der Waals surface area contributed by atoms with Crippen molar-refractivity contribution in [3.05, 3.63) is 60.2 Å². The maximum Gasteiger partial charge on any atom is 0.241 e. The van der Waals surface area contributed by atoms with E-state index in [4.69, 9.17) is 0 Å². The van der Waals surface area contributed by atoms with Gasteiger partial charge >= 0.3 is 0 Å². The van der Waals surface area contributed by atoms with Gasteiger partial charge in [-0.2, -0.15) is 0 Å². The van der Waals surface area contributed by atoms with Gasteiger partial charge < -0.3 is 9.80 Å². The van der Waals surface area contributed by atoms with Gasteiger partial charge in [-0.05, 0) is 62.4 Å². The number of amides is 1. The van der Waals surface area contributed by atoms with Crippen LogP contribution < -0.4 is 9.62 Å². The molecule has 1 heterocycles. The molecule has 0 saturated carbocycles. The number of nitrogens with zero attached hydrogens (tertiary/aromatic N) is 2. The highest BCUT2D eigenvalue weighted by molar-refractivity contribution is 7.93. The summed E-state index contributed by atoms with van der Waals surface area (Å²) in [6.07, 6.45) is 4.39. The molecule has 1 atom stereocenters. The molecule has 2 aromatic carbocycles. The van der Waals surface area contributed by atoms with Crippen LogP contribution >= 0.6 is 0 Å². The van der Waals surface area contributed by atoms with Gasteiger partial charge in [-0.15, -0.1) is 0 Å². The number of piperidine rings is 1. The molecule has 1 unspecified atom stereocenters. The van der Waals surface area contributed by atoms with Gasteiger partial charge in [-0.1, -0.05) is 37.3 Å². The molecule has 1 aliphatic rings. The van der Waals surface area contributed by atoms with E-state index in [0.717, 1.165) is 30.8 Å². The Labute approximate surface area is 186 Å². The number of sulfonamides is 1. The van der Waals surface area contributed by atoms with E-state index in [-0.39, 0.29) is 6.04 Å². The van der Waals surface area contributed by atoms with E-state index in [0.29, 0.717) is 12.2 Å². The zero-order valence-electron chi connectivity index (χ0n) is 18.5. The number of nitrogens with one attached hydrogen (secondary N) is 1. The molecule has 7 heteroatoms.